The molecule has 0 fully saturated rings. The number of anilines is 1. The number of aryl methyl sites for hydroxylation is 1. The van der Waals surface area contributed by atoms with Gasteiger partial charge in [0.25, 0.3) is 5.91 Å². The summed E-state index contributed by atoms with van der Waals surface area (Å²) in [6.07, 6.45) is 2.06. The van der Waals surface area contributed by atoms with Crippen LogP contribution in [0.2, 0.25) is 0 Å². The summed E-state index contributed by atoms with van der Waals surface area (Å²) in [5.74, 6) is 0.0921. The third-order valence-electron chi connectivity index (χ3n) is 4.68. The maximum absolute atomic E-state index is 13.1. The van der Waals surface area contributed by atoms with Gasteiger partial charge in [0, 0.05) is 12.2 Å². The minimum Gasteiger partial charge on any atom is -0.307 e. The van der Waals surface area contributed by atoms with Gasteiger partial charge < -0.3 is 4.90 Å². The predicted molar refractivity (Wildman–Crippen MR) is 109 cm³/mol. The van der Waals surface area contributed by atoms with Gasteiger partial charge in [-0.15, -0.1) is 22.7 Å². The van der Waals surface area contributed by atoms with Crippen LogP contribution in [0.5, 0.6) is 0 Å². The van der Waals surface area contributed by atoms with Crippen molar-refractivity contribution in [3.63, 3.8) is 0 Å². The van der Waals surface area contributed by atoms with Crippen molar-refractivity contribution < 1.29 is 4.79 Å². The minimum atomic E-state index is 0.0921. The Kier molecular flexibility index (Phi) is 3.84. The zero-order valence-electron chi connectivity index (χ0n) is 14.0. The van der Waals surface area contributed by atoms with Crippen LogP contribution >= 0.6 is 22.7 Å². The molecular formula is C21H16N2OS2. The molecule has 2 aromatic heterocycles. The van der Waals surface area contributed by atoms with Gasteiger partial charge in [0.15, 0.2) is 0 Å². The summed E-state index contributed by atoms with van der Waals surface area (Å²) >= 11 is 3.21. The highest BCUT2D eigenvalue weighted by Gasteiger charge is 2.24. The summed E-state index contributed by atoms with van der Waals surface area (Å²) in [5, 5.41) is 0.981. The van der Waals surface area contributed by atoms with Crippen LogP contribution in [0.25, 0.3) is 20.1 Å². The number of rotatable bonds is 2. The molecule has 0 spiro atoms. The first-order valence-corrected chi connectivity index (χ1v) is 10.3. The lowest BCUT2D eigenvalue weighted by atomic mass is 10.0. The number of hydrogen-bond acceptors (Lipinski definition) is 4. The second kappa shape index (κ2) is 6.34. The van der Waals surface area contributed by atoms with Gasteiger partial charge >= 0.3 is 0 Å². The van der Waals surface area contributed by atoms with E-state index in [1.165, 1.54) is 21.6 Å². The zero-order chi connectivity index (χ0) is 17.5. The highest BCUT2D eigenvalue weighted by molar-refractivity contribution is 7.26. The molecule has 4 aromatic rings. The normalized spacial score (nSPS) is 13.8. The summed E-state index contributed by atoms with van der Waals surface area (Å²) in [5.41, 5.74) is 3.33. The molecule has 0 saturated heterocycles. The molecule has 3 heterocycles. The lowest BCUT2D eigenvalue weighted by molar-refractivity contribution is 0.0989. The van der Waals surface area contributed by atoms with Gasteiger partial charge in [0.05, 0.1) is 20.0 Å². The first-order chi connectivity index (χ1) is 12.8. The summed E-state index contributed by atoms with van der Waals surface area (Å²) in [4.78, 5) is 21.6. The number of amides is 1. The second-order valence-corrected chi connectivity index (χ2v) is 8.45. The van der Waals surface area contributed by atoms with Crippen LogP contribution in [-0.4, -0.2) is 17.4 Å². The molecule has 1 amide bonds. The van der Waals surface area contributed by atoms with E-state index in [0.29, 0.717) is 0 Å². The minimum absolute atomic E-state index is 0.0921. The van der Waals surface area contributed by atoms with E-state index in [2.05, 4.69) is 18.2 Å². The van der Waals surface area contributed by atoms with Crippen molar-refractivity contribution in [2.75, 3.05) is 11.4 Å². The first kappa shape index (κ1) is 15.7. The average molecular weight is 377 g/mol. The monoisotopic (exact) mass is 376 g/mol. The van der Waals surface area contributed by atoms with Crippen LogP contribution in [0.15, 0.2) is 60.7 Å². The van der Waals surface area contributed by atoms with Crippen molar-refractivity contribution in [2.45, 2.75) is 12.8 Å². The van der Waals surface area contributed by atoms with E-state index in [4.69, 9.17) is 4.98 Å². The molecule has 0 aliphatic carbocycles. The molecule has 0 saturated carbocycles. The number of aromatic nitrogens is 1. The molecule has 0 bridgehead atoms. The number of carbonyl (C=O) groups is 1. The Labute approximate surface area is 159 Å². The zero-order valence-corrected chi connectivity index (χ0v) is 15.6. The fraction of sp³-hybridized carbons (Fsp3) is 0.143. The number of benzene rings is 2. The SMILES string of the molecule is O=C(c1ccc(-c2nc3ccccc3s2)s1)N1CCCc2ccccc21. The van der Waals surface area contributed by atoms with Crippen LogP contribution in [0.3, 0.4) is 0 Å². The van der Waals surface area contributed by atoms with Crippen LogP contribution < -0.4 is 4.90 Å². The van der Waals surface area contributed by atoms with E-state index < -0.39 is 0 Å². The Balaban J connectivity index is 1.48. The molecule has 5 heteroatoms. The van der Waals surface area contributed by atoms with E-state index in [9.17, 15) is 4.79 Å². The van der Waals surface area contributed by atoms with E-state index >= 15 is 0 Å². The molecule has 1 aliphatic rings. The highest BCUT2D eigenvalue weighted by Crippen LogP contribution is 2.36. The Morgan fingerprint density at radius 2 is 1.81 bits per heavy atom. The van der Waals surface area contributed by atoms with E-state index in [-0.39, 0.29) is 5.91 Å². The molecule has 0 N–H and O–H groups in total. The third kappa shape index (κ3) is 2.64. The van der Waals surface area contributed by atoms with Crippen molar-refractivity contribution in [3.05, 3.63) is 71.1 Å². The van der Waals surface area contributed by atoms with E-state index in [1.807, 2.05) is 47.4 Å². The first-order valence-electron chi connectivity index (χ1n) is 8.65. The quantitative estimate of drug-likeness (QED) is 0.455. The number of hydrogen-bond donors (Lipinski definition) is 0. The molecule has 0 unspecified atom stereocenters. The van der Waals surface area contributed by atoms with Crippen LogP contribution in [-0.2, 0) is 6.42 Å². The van der Waals surface area contributed by atoms with Crippen molar-refractivity contribution in [1.82, 2.24) is 4.98 Å². The smallest absolute Gasteiger partial charge is 0.268 e. The van der Waals surface area contributed by atoms with Gasteiger partial charge in [0.1, 0.15) is 5.01 Å². The maximum atomic E-state index is 13.1. The van der Waals surface area contributed by atoms with Crippen molar-refractivity contribution in [2.24, 2.45) is 0 Å². The van der Waals surface area contributed by atoms with Crippen LogP contribution in [0.4, 0.5) is 5.69 Å². The van der Waals surface area contributed by atoms with Crippen molar-refractivity contribution >= 4 is 44.5 Å². The summed E-state index contributed by atoms with van der Waals surface area (Å²) in [6.45, 7) is 0.782. The molecule has 1 aliphatic heterocycles. The number of para-hydroxylation sites is 2. The van der Waals surface area contributed by atoms with Crippen LogP contribution in [0.1, 0.15) is 21.7 Å². The number of nitrogens with zero attached hydrogens (tertiary/aromatic N) is 2. The van der Waals surface area contributed by atoms with Crippen molar-refractivity contribution in [3.8, 4) is 9.88 Å². The number of thiophene rings is 1. The van der Waals surface area contributed by atoms with Crippen molar-refractivity contribution in [1.29, 1.82) is 0 Å². The Morgan fingerprint density at radius 1 is 0.962 bits per heavy atom. The van der Waals surface area contributed by atoms with Gasteiger partial charge in [-0.05, 0) is 48.7 Å². The Bertz CT molecular complexity index is 1080. The number of thiazole rings is 1. The number of carbonyl (C=O) groups excluding carboxylic acids is 1. The fourth-order valence-electron chi connectivity index (χ4n) is 3.42. The second-order valence-electron chi connectivity index (χ2n) is 6.34. The van der Waals surface area contributed by atoms with Gasteiger partial charge in [-0.25, -0.2) is 4.98 Å². The third-order valence-corrected chi connectivity index (χ3v) is 6.96. The predicted octanol–water partition coefficient (Wildman–Crippen LogP) is 5.62. The highest BCUT2D eigenvalue weighted by atomic mass is 32.1. The molecule has 2 aromatic carbocycles. The topological polar surface area (TPSA) is 33.2 Å². The van der Waals surface area contributed by atoms with Gasteiger partial charge in [-0.3, -0.25) is 4.79 Å². The fourth-order valence-corrected chi connectivity index (χ4v) is 5.40. The number of fused-ring (bicyclic) bond motifs is 2. The molecule has 3 nitrogen and oxygen atoms in total. The molecule has 26 heavy (non-hydrogen) atoms. The van der Waals surface area contributed by atoms with Crippen LogP contribution in [0, 0.1) is 0 Å². The largest absolute Gasteiger partial charge is 0.307 e. The molecule has 0 radical (unpaired) electrons. The molecular weight excluding hydrogens is 360 g/mol. The lowest BCUT2D eigenvalue weighted by Gasteiger charge is -2.29. The van der Waals surface area contributed by atoms with E-state index in [0.717, 1.165) is 45.4 Å². The summed E-state index contributed by atoms with van der Waals surface area (Å²) in [7, 11) is 0. The Hall–Kier alpha value is -2.50. The summed E-state index contributed by atoms with van der Waals surface area (Å²) < 4.78 is 1.17. The van der Waals surface area contributed by atoms with Gasteiger partial charge in [-0.1, -0.05) is 30.3 Å². The standard InChI is InChI=1S/C21H16N2OS2/c24-21(23-13-5-7-14-6-1-3-9-16(14)23)19-12-11-18(25-19)20-22-15-8-2-4-10-17(15)26-20/h1-4,6,8-12H,5,7,13H2. The van der Waals surface area contributed by atoms with E-state index in [1.54, 1.807) is 11.3 Å². The average Bonchev–Trinajstić information content (AvgIpc) is 3.34. The maximum Gasteiger partial charge on any atom is 0.268 e. The van der Waals surface area contributed by atoms with Gasteiger partial charge in [0.2, 0.25) is 0 Å². The molecule has 128 valence electrons. The Morgan fingerprint density at radius 3 is 2.73 bits per heavy atom. The molecule has 0 atom stereocenters. The molecule has 5 rings (SSSR count). The lowest BCUT2D eigenvalue weighted by Crippen LogP contribution is -2.34. The summed E-state index contributed by atoms with van der Waals surface area (Å²) in [6, 6.07) is 20.3. The van der Waals surface area contributed by atoms with Gasteiger partial charge in [-0.2, -0.15) is 0 Å².